The van der Waals surface area contributed by atoms with Gasteiger partial charge in [-0.05, 0) is 37.5 Å². The molecule has 23 heavy (non-hydrogen) atoms. The molecule has 7 nitrogen and oxygen atoms in total. The monoisotopic (exact) mass is 321 g/mol. The number of nitrogens with one attached hydrogen (secondary N) is 1. The number of aromatic nitrogens is 3. The Balaban J connectivity index is 1.70. The van der Waals surface area contributed by atoms with Crippen molar-refractivity contribution in [2.75, 3.05) is 43.6 Å². The highest BCUT2D eigenvalue weighted by atomic mass is 16.5. The number of aliphatic hydroxyl groups excluding tert-OH is 1. The number of hydrogen-bond donors (Lipinski definition) is 2. The van der Waals surface area contributed by atoms with Crippen molar-refractivity contribution in [1.82, 2.24) is 15.0 Å². The van der Waals surface area contributed by atoms with Crippen molar-refractivity contribution in [2.24, 2.45) is 5.41 Å². The van der Waals surface area contributed by atoms with E-state index in [1.54, 1.807) is 7.11 Å². The van der Waals surface area contributed by atoms with Crippen molar-refractivity contribution in [3.8, 4) is 6.01 Å². The SMILES string of the molecule is COc1nc(NCC2(CCO)CC2)nc(N2CCCCCC2)n1. The third-order valence-corrected chi connectivity index (χ3v) is 4.90. The summed E-state index contributed by atoms with van der Waals surface area (Å²) in [7, 11) is 1.58. The van der Waals surface area contributed by atoms with E-state index in [1.807, 2.05) is 0 Å². The van der Waals surface area contributed by atoms with E-state index in [2.05, 4.69) is 25.2 Å². The van der Waals surface area contributed by atoms with E-state index < -0.39 is 0 Å². The van der Waals surface area contributed by atoms with E-state index in [0.717, 1.165) is 38.9 Å². The molecule has 7 heteroatoms. The summed E-state index contributed by atoms with van der Waals surface area (Å²) < 4.78 is 5.24. The van der Waals surface area contributed by atoms with Gasteiger partial charge in [0.25, 0.3) is 0 Å². The van der Waals surface area contributed by atoms with Gasteiger partial charge in [-0.2, -0.15) is 15.0 Å². The molecule has 2 heterocycles. The van der Waals surface area contributed by atoms with Crippen LogP contribution in [0.15, 0.2) is 0 Å². The third kappa shape index (κ3) is 4.22. The molecule has 1 saturated carbocycles. The van der Waals surface area contributed by atoms with Crippen LogP contribution in [-0.2, 0) is 0 Å². The van der Waals surface area contributed by atoms with E-state index in [9.17, 15) is 0 Å². The molecule has 0 radical (unpaired) electrons. The number of nitrogens with zero attached hydrogens (tertiary/aromatic N) is 4. The first kappa shape index (κ1) is 16.2. The maximum atomic E-state index is 9.17. The maximum Gasteiger partial charge on any atom is 0.322 e. The highest BCUT2D eigenvalue weighted by Crippen LogP contribution is 2.48. The van der Waals surface area contributed by atoms with Crippen LogP contribution in [0.25, 0.3) is 0 Å². The summed E-state index contributed by atoms with van der Waals surface area (Å²) in [6.45, 7) is 3.00. The lowest BCUT2D eigenvalue weighted by atomic mass is 10.0. The highest BCUT2D eigenvalue weighted by molar-refractivity contribution is 5.39. The van der Waals surface area contributed by atoms with Crippen LogP contribution in [0, 0.1) is 5.41 Å². The largest absolute Gasteiger partial charge is 0.467 e. The molecule has 0 amide bonds. The van der Waals surface area contributed by atoms with Crippen LogP contribution in [0.4, 0.5) is 11.9 Å². The lowest BCUT2D eigenvalue weighted by molar-refractivity contribution is 0.253. The van der Waals surface area contributed by atoms with Gasteiger partial charge in [0.1, 0.15) is 0 Å². The first-order valence-corrected chi connectivity index (χ1v) is 8.64. The standard InChI is InChI=1S/C16H27N5O2/c1-23-15-19-13(17-12-16(6-7-16)8-11-22)18-14(20-15)21-9-4-2-3-5-10-21/h22H,2-12H2,1H3,(H,17,18,19,20). The molecule has 1 saturated heterocycles. The molecule has 2 aliphatic rings. The lowest BCUT2D eigenvalue weighted by Crippen LogP contribution is -2.27. The highest BCUT2D eigenvalue weighted by Gasteiger charge is 2.41. The first-order valence-electron chi connectivity index (χ1n) is 8.64. The van der Waals surface area contributed by atoms with Gasteiger partial charge in [0.15, 0.2) is 0 Å². The van der Waals surface area contributed by atoms with Gasteiger partial charge in [-0.25, -0.2) is 0 Å². The fourth-order valence-electron chi connectivity index (χ4n) is 3.12. The van der Waals surface area contributed by atoms with Crippen molar-refractivity contribution in [3.05, 3.63) is 0 Å². The number of hydrogen-bond acceptors (Lipinski definition) is 7. The Labute approximate surface area is 137 Å². The molecular formula is C16H27N5O2. The minimum atomic E-state index is 0.220. The number of rotatable bonds is 7. The summed E-state index contributed by atoms with van der Waals surface area (Å²) in [5.74, 6) is 1.27. The second-order valence-corrected chi connectivity index (χ2v) is 6.67. The van der Waals surface area contributed by atoms with E-state index in [1.165, 1.54) is 25.7 Å². The minimum absolute atomic E-state index is 0.220. The summed E-state index contributed by atoms with van der Waals surface area (Å²) in [6.07, 6.45) is 8.04. The van der Waals surface area contributed by atoms with Crippen LogP contribution in [0.1, 0.15) is 44.9 Å². The number of ether oxygens (including phenoxy) is 1. The average molecular weight is 321 g/mol. The third-order valence-electron chi connectivity index (χ3n) is 4.90. The number of aliphatic hydroxyl groups is 1. The Morgan fingerprint density at radius 2 is 1.87 bits per heavy atom. The van der Waals surface area contributed by atoms with E-state index in [0.29, 0.717) is 17.9 Å². The molecule has 3 rings (SSSR count). The van der Waals surface area contributed by atoms with Crippen LogP contribution in [0.2, 0.25) is 0 Å². The van der Waals surface area contributed by atoms with E-state index >= 15 is 0 Å². The van der Waals surface area contributed by atoms with Gasteiger partial charge in [0, 0.05) is 26.2 Å². The summed E-state index contributed by atoms with van der Waals surface area (Å²) in [6, 6.07) is 0.355. The fraction of sp³-hybridized carbons (Fsp3) is 0.812. The van der Waals surface area contributed by atoms with Gasteiger partial charge in [0.2, 0.25) is 11.9 Å². The second-order valence-electron chi connectivity index (χ2n) is 6.67. The molecule has 0 bridgehead atoms. The Hall–Kier alpha value is -1.63. The molecule has 0 aromatic carbocycles. The van der Waals surface area contributed by atoms with Crippen molar-refractivity contribution in [3.63, 3.8) is 0 Å². The van der Waals surface area contributed by atoms with Gasteiger partial charge < -0.3 is 20.1 Å². The zero-order valence-corrected chi connectivity index (χ0v) is 13.9. The number of methoxy groups -OCH3 is 1. The Kier molecular flexibility index (Phi) is 5.15. The Morgan fingerprint density at radius 3 is 2.48 bits per heavy atom. The molecule has 1 aromatic heterocycles. The molecular weight excluding hydrogens is 294 g/mol. The van der Waals surface area contributed by atoms with E-state index in [-0.39, 0.29) is 12.0 Å². The van der Waals surface area contributed by atoms with Gasteiger partial charge in [-0.3, -0.25) is 0 Å². The summed E-state index contributed by atoms with van der Waals surface area (Å²) in [5.41, 5.74) is 0.220. The van der Waals surface area contributed by atoms with Crippen LogP contribution in [0.3, 0.4) is 0 Å². The minimum Gasteiger partial charge on any atom is -0.467 e. The molecule has 0 unspecified atom stereocenters. The normalized spacial score (nSPS) is 20.0. The molecule has 1 aliphatic heterocycles. The van der Waals surface area contributed by atoms with Crippen LogP contribution < -0.4 is 15.0 Å². The van der Waals surface area contributed by atoms with Crippen molar-refractivity contribution in [1.29, 1.82) is 0 Å². The Bertz CT molecular complexity index is 513. The van der Waals surface area contributed by atoms with Gasteiger partial charge in [-0.1, -0.05) is 12.8 Å². The van der Waals surface area contributed by atoms with Crippen LogP contribution in [0.5, 0.6) is 6.01 Å². The van der Waals surface area contributed by atoms with Crippen LogP contribution >= 0.6 is 0 Å². The smallest absolute Gasteiger partial charge is 0.322 e. The predicted octanol–water partition coefficient (Wildman–Crippen LogP) is 1.84. The summed E-state index contributed by atoms with van der Waals surface area (Å²) >= 11 is 0. The summed E-state index contributed by atoms with van der Waals surface area (Å²) in [5, 5.41) is 12.5. The van der Waals surface area contributed by atoms with Gasteiger partial charge in [0.05, 0.1) is 7.11 Å². The predicted molar refractivity (Wildman–Crippen MR) is 88.9 cm³/mol. The zero-order chi connectivity index (χ0) is 16.1. The molecule has 1 aliphatic carbocycles. The van der Waals surface area contributed by atoms with Gasteiger partial charge in [-0.15, -0.1) is 0 Å². The molecule has 0 atom stereocenters. The maximum absolute atomic E-state index is 9.17. The zero-order valence-electron chi connectivity index (χ0n) is 13.9. The fourth-order valence-corrected chi connectivity index (χ4v) is 3.12. The molecule has 128 valence electrons. The first-order chi connectivity index (χ1) is 11.2. The molecule has 1 aromatic rings. The molecule has 0 spiro atoms. The van der Waals surface area contributed by atoms with Crippen molar-refractivity contribution in [2.45, 2.75) is 44.9 Å². The van der Waals surface area contributed by atoms with Crippen LogP contribution in [-0.4, -0.2) is 53.4 Å². The number of anilines is 2. The molecule has 2 N–H and O–H groups in total. The van der Waals surface area contributed by atoms with Gasteiger partial charge >= 0.3 is 6.01 Å². The van der Waals surface area contributed by atoms with Crippen molar-refractivity contribution >= 4 is 11.9 Å². The van der Waals surface area contributed by atoms with E-state index in [4.69, 9.17) is 9.84 Å². The van der Waals surface area contributed by atoms with Crippen molar-refractivity contribution < 1.29 is 9.84 Å². The molecule has 2 fully saturated rings. The quantitative estimate of drug-likeness (QED) is 0.792. The second kappa shape index (κ2) is 7.29. The summed E-state index contributed by atoms with van der Waals surface area (Å²) in [4.78, 5) is 15.5. The average Bonchev–Trinajstić information content (AvgIpc) is 3.37. The lowest BCUT2D eigenvalue weighted by Gasteiger charge is -2.21. The topological polar surface area (TPSA) is 83.4 Å². The Morgan fingerprint density at radius 1 is 1.13 bits per heavy atom.